The van der Waals surface area contributed by atoms with Gasteiger partial charge in [0.05, 0.1) is 26.4 Å². The maximum atomic E-state index is 12.0. The Hall–Kier alpha value is -0.650. The molecular formula is C16H33NO4. The van der Waals surface area contributed by atoms with Crippen LogP contribution in [-0.2, 0) is 19.0 Å². The Morgan fingerprint density at radius 1 is 1.24 bits per heavy atom. The molecule has 1 N–H and O–H groups in total. The molecule has 2 unspecified atom stereocenters. The zero-order valence-corrected chi connectivity index (χ0v) is 14.5. The fourth-order valence-electron chi connectivity index (χ4n) is 2.11. The number of hydrogen-bond donors (Lipinski definition) is 1. The van der Waals surface area contributed by atoms with E-state index in [0.29, 0.717) is 25.6 Å². The molecule has 0 spiro atoms. The molecule has 0 saturated heterocycles. The van der Waals surface area contributed by atoms with E-state index in [4.69, 9.17) is 14.2 Å². The van der Waals surface area contributed by atoms with E-state index >= 15 is 0 Å². The molecule has 0 fully saturated rings. The molecule has 126 valence electrons. The molecule has 0 aliphatic carbocycles. The molecule has 0 aliphatic rings. The number of carbonyl (C=O) groups is 1. The van der Waals surface area contributed by atoms with Crippen molar-refractivity contribution in [2.45, 2.75) is 59.1 Å². The minimum Gasteiger partial charge on any atom is -0.468 e. The summed E-state index contributed by atoms with van der Waals surface area (Å²) in [6.45, 7) is 12.8. The van der Waals surface area contributed by atoms with E-state index in [-0.39, 0.29) is 12.1 Å². The highest BCUT2D eigenvalue weighted by Gasteiger charge is 2.35. The Bertz CT molecular complexity index is 283. The molecule has 2 atom stereocenters. The van der Waals surface area contributed by atoms with E-state index in [0.717, 1.165) is 19.6 Å². The molecule has 0 aromatic carbocycles. The van der Waals surface area contributed by atoms with Gasteiger partial charge in [0, 0.05) is 13.0 Å². The van der Waals surface area contributed by atoms with E-state index in [1.54, 1.807) is 0 Å². The van der Waals surface area contributed by atoms with Gasteiger partial charge in [0.2, 0.25) is 0 Å². The molecule has 0 aromatic rings. The van der Waals surface area contributed by atoms with Crippen molar-refractivity contribution in [3.05, 3.63) is 0 Å². The molecule has 0 bridgehead atoms. The third-order valence-corrected chi connectivity index (χ3v) is 3.18. The SMILES string of the molecule is CCCNC(C)(CC(C)OCCOCC(C)C)C(=O)OC. The lowest BCUT2D eigenvalue weighted by Gasteiger charge is -2.30. The second-order valence-electron chi connectivity index (χ2n) is 6.10. The monoisotopic (exact) mass is 303 g/mol. The van der Waals surface area contributed by atoms with Gasteiger partial charge in [0.25, 0.3) is 0 Å². The Labute approximate surface area is 129 Å². The average molecular weight is 303 g/mol. The number of carbonyl (C=O) groups excluding carboxylic acids is 1. The van der Waals surface area contributed by atoms with E-state index in [1.165, 1.54) is 7.11 Å². The minimum atomic E-state index is -0.705. The van der Waals surface area contributed by atoms with E-state index in [2.05, 4.69) is 26.1 Å². The highest BCUT2D eigenvalue weighted by atomic mass is 16.5. The molecule has 5 nitrogen and oxygen atoms in total. The predicted octanol–water partition coefficient (Wildman–Crippen LogP) is 2.39. The van der Waals surface area contributed by atoms with Crippen molar-refractivity contribution in [1.82, 2.24) is 5.32 Å². The highest BCUT2D eigenvalue weighted by molar-refractivity contribution is 5.80. The summed E-state index contributed by atoms with van der Waals surface area (Å²) >= 11 is 0. The smallest absolute Gasteiger partial charge is 0.325 e. The van der Waals surface area contributed by atoms with Gasteiger partial charge in [-0.1, -0.05) is 20.8 Å². The lowest BCUT2D eigenvalue weighted by molar-refractivity contribution is -0.149. The lowest BCUT2D eigenvalue weighted by Crippen LogP contribution is -2.52. The molecule has 0 aromatic heterocycles. The molecule has 0 amide bonds. The molecule has 0 rings (SSSR count). The Kier molecular flexibility index (Phi) is 10.6. The van der Waals surface area contributed by atoms with Crippen molar-refractivity contribution in [3.63, 3.8) is 0 Å². The van der Waals surface area contributed by atoms with Gasteiger partial charge in [-0.15, -0.1) is 0 Å². The number of nitrogens with one attached hydrogen (secondary N) is 1. The van der Waals surface area contributed by atoms with E-state index < -0.39 is 5.54 Å². The van der Waals surface area contributed by atoms with Gasteiger partial charge in [-0.3, -0.25) is 4.79 Å². The summed E-state index contributed by atoms with van der Waals surface area (Å²) < 4.78 is 16.1. The normalized spacial score (nSPS) is 15.8. The van der Waals surface area contributed by atoms with Gasteiger partial charge >= 0.3 is 5.97 Å². The fraction of sp³-hybridized carbons (Fsp3) is 0.938. The summed E-state index contributed by atoms with van der Waals surface area (Å²) in [5.41, 5.74) is -0.705. The lowest BCUT2D eigenvalue weighted by atomic mass is 9.94. The van der Waals surface area contributed by atoms with Crippen LogP contribution < -0.4 is 5.32 Å². The number of methoxy groups -OCH3 is 1. The quantitative estimate of drug-likeness (QED) is 0.443. The van der Waals surface area contributed by atoms with Crippen LogP contribution in [0.1, 0.15) is 47.5 Å². The van der Waals surface area contributed by atoms with E-state index in [9.17, 15) is 4.79 Å². The zero-order chi connectivity index (χ0) is 16.3. The molecule has 0 aliphatic heterocycles. The molecule has 21 heavy (non-hydrogen) atoms. The third kappa shape index (κ3) is 9.06. The second-order valence-corrected chi connectivity index (χ2v) is 6.10. The topological polar surface area (TPSA) is 56.8 Å². The molecule has 0 heterocycles. The summed E-state index contributed by atoms with van der Waals surface area (Å²) in [5, 5.41) is 3.26. The molecule has 0 saturated carbocycles. The van der Waals surface area contributed by atoms with Gasteiger partial charge < -0.3 is 19.5 Å². The van der Waals surface area contributed by atoms with Crippen LogP contribution in [0.15, 0.2) is 0 Å². The van der Waals surface area contributed by atoms with Crippen molar-refractivity contribution < 1.29 is 19.0 Å². The summed E-state index contributed by atoms with van der Waals surface area (Å²) in [6.07, 6.45) is 1.50. The second kappa shape index (κ2) is 11.0. The van der Waals surface area contributed by atoms with Crippen LogP contribution in [0.5, 0.6) is 0 Å². The van der Waals surface area contributed by atoms with Crippen LogP contribution in [0, 0.1) is 5.92 Å². The number of ether oxygens (including phenoxy) is 3. The Morgan fingerprint density at radius 3 is 2.43 bits per heavy atom. The van der Waals surface area contributed by atoms with Crippen LogP contribution in [0.4, 0.5) is 0 Å². The molecule has 0 radical (unpaired) electrons. The van der Waals surface area contributed by atoms with Gasteiger partial charge in [-0.2, -0.15) is 0 Å². The maximum absolute atomic E-state index is 12.0. The van der Waals surface area contributed by atoms with Crippen molar-refractivity contribution in [1.29, 1.82) is 0 Å². The Morgan fingerprint density at radius 2 is 1.90 bits per heavy atom. The summed E-state index contributed by atoms with van der Waals surface area (Å²) in [4.78, 5) is 12.0. The van der Waals surface area contributed by atoms with Crippen LogP contribution in [0.3, 0.4) is 0 Å². The van der Waals surface area contributed by atoms with Crippen LogP contribution >= 0.6 is 0 Å². The van der Waals surface area contributed by atoms with Crippen LogP contribution in [0.25, 0.3) is 0 Å². The first-order chi connectivity index (χ1) is 9.85. The van der Waals surface area contributed by atoms with E-state index in [1.807, 2.05) is 13.8 Å². The number of rotatable bonds is 12. The van der Waals surface area contributed by atoms with Crippen LogP contribution in [0.2, 0.25) is 0 Å². The predicted molar refractivity (Wildman–Crippen MR) is 84.4 cm³/mol. The summed E-state index contributed by atoms with van der Waals surface area (Å²) in [5.74, 6) is 0.283. The summed E-state index contributed by atoms with van der Waals surface area (Å²) in [7, 11) is 1.42. The molecule has 5 heteroatoms. The first-order valence-corrected chi connectivity index (χ1v) is 7.88. The van der Waals surface area contributed by atoms with Gasteiger partial charge in [-0.25, -0.2) is 0 Å². The fourth-order valence-corrected chi connectivity index (χ4v) is 2.11. The Balaban J connectivity index is 4.15. The molecular weight excluding hydrogens is 270 g/mol. The first kappa shape index (κ1) is 20.3. The van der Waals surface area contributed by atoms with Gasteiger partial charge in [-0.05, 0) is 32.7 Å². The average Bonchev–Trinajstić information content (AvgIpc) is 2.43. The third-order valence-electron chi connectivity index (χ3n) is 3.18. The van der Waals surface area contributed by atoms with Crippen molar-refractivity contribution in [2.24, 2.45) is 5.92 Å². The first-order valence-electron chi connectivity index (χ1n) is 7.88. The van der Waals surface area contributed by atoms with Crippen molar-refractivity contribution in [2.75, 3.05) is 33.5 Å². The minimum absolute atomic E-state index is 0.0406. The maximum Gasteiger partial charge on any atom is 0.325 e. The summed E-state index contributed by atoms with van der Waals surface area (Å²) in [6, 6.07) is 0. The number of esters is 1. The largest absolute Gasteiger partial charge is 0.468 e. The van der Waals surface area contributed by atoms with Gasteiger partial charge in [0.15, 0.2) is 0 Å². The van der Waals surface area contributed by atoms with Crippen molar-refractivity contribution in [3.8, 4) is 0 Å². The van der Waals surface area contributed by atoms with Crippen molar-refractivity contribution >= 4 is 5.97 Å². The highest BCUT2D eigenvalue weighted by Crippen LogP contribution is 2.16. The number of hydrogen-bond acceptors (Lipinski definition) is 5. The zero-order valence-electron chi connectivity index (χ0n) is 14.5. The standard InChI is InChI=1S/C16H33NO4/c1-7-8-17-16(5,15(18)19-6)11-14(4)21-10-9-20-12-13(2)3/h13-14,17H,7-12H2,1-6H3. The van der Waals surface area contributed by atoms with Crippen LogP contribution in [-0.4, -0.2) is 51.1 Å². The van der Waals surface area contributed by atoms with Gasteiger partial charge in [0.1, 0.15) is 5.54 Å².